The topological polar surface area (TPSA) is 29.5 Å². The molecule has 0 saturated heterocycles. The predicted molar refractivity (Wildman–Crippen MR) is 245 cm³/mol. The van der Waals surface area contributed by atoms with Gasteiger partial charge in [-0.25, -0.2) is 0 Å². The van der Waals surface area contributed by atoms with E-state index in [9.17, 15) is 0 Å². The molecular weight excluding hydrogens is 727 g/mol. The molecule has 0 aliphatic heterocycles. The first-order valence-electron chi connectivity index (χ1n) is 19.6. The van der Waals surface area contributed by atoms with Crippen LogP contribution in [0.5, 0.6) is 0 Å². The fourth-order valence-electron chi connectivity index (χ4n) is 8.75. The lowest BCUT2D eigenvalue weighted by atomic mass is 9.96. The van der Waals surface area contributed by atoms with E-state index in [-0.39, 0.29) is 0 Å². The maximum absolute atomic E-state index is 6.86. The third kappa shape index (κ3) is 5.19. The molecule has 3 aromatic heterocycles. The Kier molecular flexibility index (Phi) is 7.40. The van der Waals surface area contributed by atoms with Gasteiger partial charge in [-0.1, -0.05) is 140 Å². The van der Waals surface area contributed by atoms with E-state index >= 15 is 0 Å². The molecule has 0 unspecified atom stereocenters. The first-order chi connectivity index (χ1) is 28.7. The van der Waals surface area contributed by atoms with E-state index < -0.39 is 0 Å². The Morgan fingerprint density at radius 2 is 0.966 bits per heavy atom. The van der Waals surface area contributed by atoms with Crippen LogP contribution in [0.15, 0.2) is 209 Å². The van der Waals surface area contributed by atoms with E-state index in [0.717, 1.165) is 83.2 Å². The Bertz CT molecular complexity index is 3490. The van der Waals surface area contributed by atoms with Crippen LogP contribution < -0.4 is 4.90 Å². The maximum Gasteiger partial charge on any atom is 0.144 e. The number of hydrogen-bond acceptors (Lipinski definition) is 4. The summed E-state index contributed by atoms with van der Waals surface area (Å²) in [6.07, 6.45) is 0. The van der Waals surface area contributed by atoms with Crippen LogP contribution in [-0.2, 0) is 0 Å². The van der Waals surface area contributed by atoms with Crippen molar-refractivity contribution in [1.29, 1.82) is 0 Å². The summed E-state index contributed by atoms with van der Waals surface area (Å²) >= 11 is 1.85. The standard InChI is InChI=1S/C54H33NO2S/c1-3-12-34(13-4-1)35-22-27-39(28-23-35)55(46-19-11-18-43-42-16-8-10-21-50(42)58-54(43)46)40-29-24-36(25-30-40)38-26-31-41-45-33-49-52(44-17-7-9-20-47(44)56-49)51(37-14-5-2-6-15-37)53(45)57-48(41)32-38/h1-33H. The summed E-state index contributed by atoms with van der Waals surface area (Å²) in [5.41, 5.74) is 13.6. The van der Waals surface area contributed by atoms with E-state index in [1.165, 1.54) is 31.3 Å². The second-order valence-electron chi connectivity index (χ2n) is 14.8. The molecule has 0 N–H and O–H groups in total. The van der Waals surface area contributed by atoms with Crippen LogP contribution in [0, 0.1) is 0 Å². The molecule has 0 atom stereocenters. The van der Waals surface area contributed by atoms with Crippen LogP contribution in [0.1, 0.15) is 0 Å². The molecule has 12 aromatic rings. The van der Waals surface area contributed by atoms with Gasteiger partial charge in [-0.3, -0.25) is 0 Å². The first kappa shape index (κ1) is 32.8. The van der Waals surface area contributed by atoms with Gasteiger partial charge in [-0.05, 0) is 88.5 Å². The monoisotopic (exact) mass is 759 g/mol. The second-order valence-corrected chi connectivity index (χ2v) is 15.9. The molecule has 0 aliphatic rings. The number of furan rings is 2. The highest BCUT2D eigenvalue weighted by Gasteiger charge is 2.22. The number of para-hydroxylation sites is 1. The number of thiophene rings is 1. The van der Waals surface area contributed by atoms with Crippen molar-refractivity contribution in [1.82, 2.24) is 0 Å². The molecule has 0 saturated carbocycles. The summed E-state index contributed by atoms with van der Waals surface area (Å²) in [6, 6.07) is 71.3. The normalized spacial score (nSPS) is 11.8. The average molecular weight is 760 g/mol. The van der Waals surface area contributed by atoms with Gasteiger partial charge in [0.05, 0.1) is 10.4 Å². The highest BCUT2D eigenvalue weighted by atomic mass is 32.1. The van der Waals surface area contributed by atoms with Crippen molar-refractivity contribution in [3.05, 3.63) is 200 Å². The fraction of sp³-hybridized carbons (Fsp3) is 0. The van der Waals surface area contributed by atoms with Crippen molar-refractivity contribution >= 4 is 92.4 Å². The molecule has 3 nitrogen and oxygen atoms in total. The zero-order valence-corrected chi connectivity index (χ0v) is 32.0. The van der Waals surface area contributed by atoms with Gasteiger partial charge in [0, 0.05) is 54.0 Å². The Balaban J connectivity index is 0.980. The van der Waals surface area contributed by atoms with Crippen molar-refractivity contribution < 1.29 is 8.83 Å². The molecule has 0 fully saturated rings. The number of benzene rings is 9. The van der Waals surface area contributed by atoms with Crippen LogP contribution in [0.25, 0.3) is 97.4 Å². The molecule has 0 radical (unpaired) electrons. The molecule has 0 spiro atoms. The maximum atomic E-state index is 6.86. The van der Waals surface area contributed by atoms with Crippen molar-refractivity contribution in [3.8, 4) is 33.4 Å². The van der Waals surface area contributed by atoms with Crippen LogP contribution >= 0.6 is 11.3 Å². The van der Waals surface area contributed by atoms with Crippen molar-refractivity contribution in [3.63, 3.8) is 0 Å². The highest BCUT2D eigenvalue weighted by Crippen LogP contribution is 2.47. The van der Waals surface area contributed by atoms with E-state index in [0.29, 0.717) is 0 Å². The summed E-state index contributed by atoms with van der Waals surface area (Å²) in [5, 5.41) is 6.84. The number of anilines is 3. The summed E-state index contributed by atoms with van der Waals surface area (Å²) < 4.78 is 15.9. The molecule has 12 rings (SSSR count). The average Bonchev–Trinajstić information content (AvgIpc) is 3.98. The number of hydrogen-bond donors (Lipinski definition) is 0. The van der Waals surface area contributed by atoms with Gasteiger partial charge in [0.15, 0.2) is 0 Å². The van der Waals surface area contributed by atoms with E-state index in [4.69, 9.17) is 8.83 Å². The Labute approximate surface area is 338 Å². The van der Waals surface area contributed by atoms with Gasteiger partial charge in [-0.15, -0.1) is 11.3 Å². The van der Waals surface area contributed by atoms with E-state index in [2.05, 4.69) is 193 Å². The van der Waals surface area contributed by atoms with Crippen molar-refractivity contribution in [2.24, 2.45) is 0 Å². The largest absolute Gasteiger partial charge is 0.456 e. The minimum Gasteiger partial charge on any atom is -0.456 e. The third-order valence-corrected chi connectivity index (χ3v) is 12.7. The van der Waals surface area contributed by atoms with E-state index in [1.54, 1.807) is 0 Å². The van der Waals surface area contributed by atoms with Gasteiger partial charge in [-0.2, -0.15) is 0 Å². The lowest BCUT2D eigenvalue weighted by molar-refractivity contribution is 0.664. The van der Waals surface area contributed by atoms with Crippen LogP contribution in [-0.4, -0.2) is 0 Å². The van der Waals surface area contributed by atoms with Crippen LogP contribution in [0.2, 0.25) is 0 Å². The van der Waals surface area contributed by atoms with E-state index in [1.807, 2.05) is 23.5 Å². The molecule has 0 aliphatic carbocycles. The Morgan fingerprint density at radius 1 is 0.362 bits per heavy atom. The SMILES string of the molecule is c1ccc(-c2ccc(N(c3ccc(-c4ccc5c(c4)oc4c(-c6ccccc6)c6c(cc45)oc4ccccc46)cc3)c3cccc4c3sc3ccccc34)cc2)cc1. The summed E-state index contributed by atoms with van der Waals surface area (Å²) in [5.74, 6) is 0. The summed E-state index contributed by atoms with van der Waals surface area (Å²) in [7, 11) is 0. The van der Waals surface area contributed by atoms with Gasteiger partial charge < -0.3 is 13.7 Å². The van der Waals surface area contributed by atoms with Crippen molar-refractivity contribution in [2.75, 3.05) is 4.90 Å². The highest BCUT2D eigenvalue weighted by molar-refractivity contribution is 7.26. The minimum absolute atomic E-state index is 0.849. The lowest BCUT2D eigenvalue weighted by Crippen LogP contribution is -2.10. The molecule has 58 heavy (non-hydrogen) atoms. The molecule has 9 aromatic carbocycles. The quantitative estimate of drug-likeness (QED) is 0.169. The number of rotatable bonds is 6. The zero-order valence-electron chi connectivity index (χ0n) is 31.2. The van der Waals surface area contributed by atoms with Gasteiger partial charge in [0.1, 0.15) is 22.3 Å². The van der Waals surface area contributed by atoms with Crippen LogP contribution in [0.3, 0.4) is 0 Å². The van der Waals surface area contributed by atoms with Gasteiger partial charge >= 0.3 is 0 Å². The smallest absolute Gasteiger partial charge is 0.144 e. The number of nitrogens with zero attached hydrogens (tertiary/aromatic N) is 1. The molecule has 3 heterocycles. The van der Waals surface area contributed by atoms with Crippen LogP contribution in [0.4, 0.5) is 17.1 Å². The molecule has 0 amide bonds. The molecular formula is C54H33NO2S. The first-order valence-corrected chi connectivity index (χ1v) is 20.4. The fourth-order valence-corrected chi connectivity index (χ4v) is 9.95. The second kappa shape index (κ2) is 13.1. The molecule has 272 valence electrons. The van der Waals surface area contributed by atoms with Crippen molar-refractivity contribution in [2.45, 2.75) is 0 Å². The van der Waals surface area contributed by atoms with Gasteiger partial charge in [0.25, 0.3) is 0 Å². The minimum atomic E-state index is 0.849. The lowest BCUT2D eigenvalue weighted by Gasteiger charge is -2.26. The Hall–Kier alpha value is -7.40. The predicted octanol–water partition coefficient (Wildman–Crippen LogP) is 16.3. The number of fused-ring (bicyclic) bond motifs is 9. The molecule has 4 heteroatoms. The molecule has 0 bridgehead atoms. The summed E-state index contributed by atoms with van der Waals surface area (Å²) in [6.45, 7) is 0. The van der Waals surface area contributed by atoms with Gasteiger partial charge in [0.2, 0.25) is 0 Å². The zero-order chi connectivity index (χ0) is 38.2. The Morgan fingerprint density at radius 3 is 1.72 bits per heavy atom. The summed E-state index contributed by atoms with van der Waals surface area (Å²) in [4.78, 5) is 2.39. The third-order valence-electron chi connectivity index (χ3n) is 11.5.